The number of rotatable bonds is 11. The number of ether oxygens (including phenoxy) is 3. The summed E-state index contributed by atoms with van der Waals surface area (Å²) in [6.45, 7) is 1.12. The highest BCUT2D eigenvalue weighted by atomic mass is 16.5. The standard InChI is InChI=1S/C30H33N5O5/c1-38-26-15-14-22(17-27(26)39-2)29(30(37)31-18-21-9-4-3-5-10-21)34(19-23-11-8-16-40-23)28(36)20-35-25-13-7-6-12-24(25)32-33-35/h3-7,9-10,12-15,17,23,29H,8,11,16,18-20H2,1-2H3,(H,31,37). The Bertz CT molecular complexity index is 1450. The van der Waals surface area contributed by atoms with Gasteiger partial charge >= 0.3 is 0 Å². The lowest BCUT2D eigenvalue weighted by Crippen LogP contribution is -2.47. The zero-order valence-electron chi connectivity index (χ0n) is 22.7. The van der Waals surface area contributed by atoms with Crippen LogP contribution in [0.2, 0.25) is 0 Å². The maximum atomic E-state index is 14.1. The molecule has 1 aliphatic rings. The van der Waals surface area contributed by atoms with Crippen molar-refractivity contribution in [1.29, 1.82) is 0 Å². The Hall–Kier alpha value is -4.44. The molecular weight excluding hydrogens is 510 g/mol. The predicted molar refractivity (Wildman–Crippen MR) is 149 cm³/mol. The normalized spacial score (nSPS) is 15.5. The van der Waals surface area contributed by atoms with Crippen LogP contribution in [0.5, 0.6) is 11.5 Å². The number of carbonyl (C=O) groups is 2. The van der Waals surface area contributed by atoms with Crippen LogP contribution < -0.4 is 14.8 Å². The molecule has 208 valence electrons. The number of fused-ring (bicyclic) bond motifs is 1. The number of aromatic nitrogens is 3. The second-order valence-corrected chi connectivity index (χ2v) is 9.64. The molecule has 0 bridgehead atoms. The van der Waals surface area contributed by atoms with Crippen molar-refractivity contribution >= 4 is 22.8 Å². The monoisotopic (exact) mass is 543 g/mol. The number of nitrogens with one attached hydrogen (secondary N) is 1. The summed E-state index contributed by atoms with van der Waals surface area (Å²) >= 11 is 0. The molecule has 0 saturated carbocycles. The molecule has 10 heteroatoms. The summed E-state index contributed by atoms with van der Waals surface area (Å²) in [5, 5.41) is 11.4. The topological polar surface area (TPSA) is 108 Å². The van der Waals surface area contributed by atoms with Gasteiger partial charge in [0.2, 0.25) is 11.8 Å². The summed E-state index contributed by atoms with van der Waals surface area (Å²) in [7, 11) is 3.09. The highest BCUT2D eigenvalue weighted by Gasteiger charge is 2.35. The number of methoxy groups -OCH3 is 2. The van der Waals surface area contributed by atoms with Crippen molar-refractivity contribution in [1.82, 2.24) is 25.2 Å². The first-order valence-electron chi connectivity index (χ1n) is 13.3. The largest absolute Gasteiger partial charge is 0.493 e. The Morgan fingerprint density at radius 2 is 1.82 bits per heavy atom. The fraction of sp³-hybridized carbons (Fsp3) is 0.333. The Morgan fingerprint density at radius 1 is 1.05 bits per heavy atom. The number of para-hydroxylation sites is 1. The molecule has 1 aromatic heterocycles. The molecule has 1 fully saturated rings. The van der Waals surface area contributed by atoms with E-state index in [1.165, 1.54) is 7.11 Å². The van der Waals surface area contributed by atoms with Gasteiger partial charge in [0.1, 0.15) is 18.1 Å². The Kier molecular flexibility index (Phi) is 8.56. The zero-order valence-corrected chi connectivity index (χ0v) is 22.7. The summed E-state index contributed by atoms with van der Waals surface area (Å²) < 4.78 is 18.4. The molecular formula is C30H33N5O5. The highest BCUT2D eigenvalue weighted by Crippen LogP contribution is 2.33. The van der Waals surface area contributed by atoms with Gasteiger partial charge < -0.3 is 24.4 Å². The molecule has 10 nitrogen and oxygen atoms in total. The molecule has 0 radical (unpaired) electrons. The smallest absolute Gasteiger partial charge is 0.247 e. The number of carbonyl (C=O) groups excluding carboxylic acids is 2. The minimum absolute atomic E-state index is 0.0804. The van der Waals surface area contributed by atoms with Crippen molar-refractivity contribution in [2.75, 3.05) is 27.4 Å². The summed E-state index contributed by atoms with van der Waals surface area (Å²) in [5.74, 6) is 0.403. The van der Waals surface area contributed by atoms with Gasteiger partial charge in [-0.3, -0.25) is 9.59 Å². The molecule has 0 spiro atoms. The average molecular weight is 544 g/mol. The predicted octanol–water partition coefficient (Wildman–Crippen LogP) is 3.51. The van der Waals surface area contributed by atoms with Gasteiger partial charge in [0.15, 0.2) is 11.5 Å². The number of benzene rings is 3. The van der Waals surface area contributed by atoms with Crippen LogP contribution in [0.25, 0.3) is 11.0 Å². The van der Waals surface area contributed by atoms with E-state index in [9.17, 15) is 9.59 Å². The van der Waals surface area contributed by atoms with Crippen LogP contribution >= 0.6 is 0 Å². The number of nitrogens with zero attached hydrogens (tertiary/aromatic N) is 4. The molecule has 3 aromatic carbocycles. The molecule has 2 atom stereocenters. The molecule has 1 aliphatic heterocycles. The van der Waals surface area contributed by atoms with Crippen LogP contribution in [0, 0.1) is 0 Å². The number of hydrogen-bond acceptors (Lipinski definition) is 7. The minimum Gasteiger partial charge on any atom is -0.493 e. The van der Waals surface area contributed by atoms with Crippen LogP contribution in [0.15, 0.2) is 72.8 Å². The molecule has 1 N–H and O–H groups in total. The third kappa shape index (κ3) is 6.07. The lowest BCUT2D eigenvalue weighted by Gasteiger charge is -2.33. The van der Waals surface area contributed by atoms with Crippen LogP contribution in [0.3, 0.4) is 0 Å². The van der Waals surface area contributed by atoms with E-state index in [2.05, 4.69) is 15.6 Å². The molecule has 5 rings (SSSR count). The maximum absolute atomic E-state index is 14.1. The Balaban J connectivity index is 1.51. The fourth-order valence-electron chi connectivity index (χ4n) is 4.99. The molecule has 2 unspecified atom stereocenters. The Morgan fingerprint density at radius 3 is 2.58 bits per heavy atom. The molecule has 2 amide bonds. The van der Waals surface area contributed by atoms with E-state index in [-0.39, 0.29) is 31.0 Å². The first-order valence-corrected chi connectivity index (χ1v) is 13.3. The van der Waals surface area contributed by atoms with E-state index in [0.717, 1.165) is 23.9 Å². The maximum Gasteiger partial charge on any atom is 0.247 e. The van der Waals surface area contributed by atoms with E-state index in [4.69, 9.17) is 14.2 Å². The van der Waals surface area contributed by atoms with Crippen LogP contribution in [-0.2, 0) is 27.4 Å². The van der Waals surface area contributed by atoms with Crippen molar-refractivity contribution in [3.05, 3.63) is 83.9 Å². The number of amides is 2. The second-order valence-electron chi connectivity index (χ2n) is 9.64. The lowest BCUT2D eigenvalue weighted by molar-refractivity contribution is -0.143. The first kappa shape index (κ1) is 27.1. The second kappa shape index (κ2) is 12.6. The lowest BCUT2D eigenvalue weighted by atomic mass is 10.0. The van der Waals surface area contributed by atoms with Gasteiger partial charge in [-0.1, -0.05) is 53.7 Å². The van der Waals surface area contributed by atoms with Crippen LogP contribution in [0.4, 0.5) is 0 Å². The van der Waals surface area contributed by atoms with Crippen molar-refractivity contribution in [2.24, 2.45) is 0 Å². The number of hydrogen-bond donors (Lipinski definition) is 1. The van der Waals surface area contributed by atoms with Gasteiger partial charge in [-0.2, -0.15) is 0 Å². The summed E-state index contributed by atoms with van der Waals surface area (Å²) in [4.78, 5) is 29.6. The summed E-state index contributed by atoms with van der Waals surface area (Å²) in [5.41, 5.74) is 2.98. The van der Waals surface area contributed by atoms with Crippen molar-refractivity contribution in [3.63, 3.8) is 0 Å². The first-order chi connectivity index (χ1) is 19.6. The van der Waals surface area contributed by atoms with E-state index in [1.807, 2.05) is 54.6 Å². The summed E-state index contributed by atoms with van der Waals surface area (Å²) in [6.07, 6.45) is 1.53. The van der Waals surface area contributed by atoms with Gasteiger partial charge in [0.05, 0.1) is 25.8 Å². The molecule has 1 saturated heterocycles. The molecule has 2 heterocycles. The van der Waals surface area contributed by atoms with Gasteiger partial charge in [-0.05, 0) is 48.2 Å². The van der Waals surface area contributed by atoms with E-state index in [0.29, 0.717) is 35.7 Å². The van der Waals surface area contributed by atoms with Crippen LogP contribution in [0.1, 0.15) is 30.0 Å². The highest BCUT2D eigenvalue weighted by molar-refractivity contribution is 5.89. The molecule has 0 aliphatic carbocycles. The van der Waals surface area contributed by atoms with Crippen molar-refractivity contribution in [3.8, 4) is 11.5 Å². The van der Waals surface area contributed by atoms with Crippen molar-refractivity contribution in [2.45, 2.75) is 38.1 Å². The van der Waals surface area contributed by atoms with Gasteiger partial charge in [0, 0.05) is 19.7 Å². The molecule has 40 heavy (non-hydrogen) atoms. The van der Waals surface area contributed by atoms with E-state index < -0.39 is 6.04 Å². The Labute approximate surface area is 232 Å². The fourth-order valence-corrected chi connectivity index (χ4v) is 4.99. The van der Waals surface area contributed by atoms with E-state index in [1.54, 1.807) is 34.9 Å². The van der Waals surface area contributed by atoms with E-state index >= 15 is 0 Å². The minimum atomic E-state index is -0.949. The average Bonchev–Trinajstić information content (AvgIpc) is 3.66. The van der Waals surface area contributed by atoms with Gasteiger partial charge in [-0.15, -0.1) is 5.10 Å². The SMILES string of the molecule is COc1ccc(C(C(=O)NCc2ccccc2)N(CC2CCCO2)C(=O)Cn2nnc3ccccc32)cc1OC. The third-order valence-corrected chi connectivity index (χ3v) is 7.04. The van der Waals surface area contributed by atoms with Gasteiger partial charge in [-0.25, -0.2) is 4.68 Å². The van der Waals surface area contributed by atoms with Crippen molar-refractivity contribution < 1.29 is 23.8 Å². The quantitative estimate of drug-likeness (QED) is 0.308. The molecule has 4 aromatic rings. The summed E-state index contributed by atoms with van der Waals surface area (Å²) in [6, 6.07) is 21.4. The third-order valence-electron chi connectivity index (χ3n) is 7.04. The zero-order chi connectivity index (χ0) is 27.9. The van der Waals surface area contributed by atoms with Gasteiger partial charge in [0.25, 0.3) is 0 Å². The van der Waals surface area contributed by atoms with Crippen LogP contribution in [-0.4, -0.2) is 65.2 Å².